The zero-order valence-electron chi connectivity index (χ0n) is 14.6. The maximum Gasteiger partial charge on any atom is 0.229 e. The third-order valence-electron chi connectivity index (χ3n) is 4.25. The van der Waals surface area contributed by atoms with E-state index >= 15 is 0 Å². The van der Waals surface area contributed by atoms with Crippen molar-refractivity contribution in [2.75, 3.05) is 23.4 Å². The van der Waals surface area contributed by atoms with Crippen molar-refractivity contribution < 1.29 is 14.3 Å². The van der Waals surface area contributed by atoms with Crippen LogP contribution < -0.4 is 15.0 Å². The summed E-state index contributed by atoms with van der Waals surface area (Å²) in [6.07, 6.45) is 5.55. The Morgan fingerprint density at radius 3 is 2.88 bits per heavy atom. The number of hydrogen-bond donors (Lipinski definition) is 1. The molecule has 132 valence electrons. The Kier molecular flexibility index (Phi) is 5.23. The molecular weight excluding hydrogens is 328 g/mol. The van der Waals surface area contributed by atoms with E-state index in [0.29, 0.717) is 35.8 Å². The molecule has 26 heavy (non-hydrogen) atoms. The fraction of sp³-hybridized carbons (Fsp3) is 0.238. The fourth-order valence-electron chi connectivity index (χ4n) is 3.00. The van der Waals surface area contributed by atoms with E-state index in [1.54, 1.807) is 29.2 Å². The molecule has 5 nitrogen and oxygen atoms in total. The minimum absolute atomic E-state index is 0.0883. The molecule has 2 aromatic rings. The van der Waals surface area contributed by atoms with Crippen LogP contribution in [0, 0.1) is 18.3 Å². The molecule has 0 bridgehead atoms. The van der Waals surface area contributed by atoms with E-state index in [1.807, 2.05) is 31.2 Å². The third-order valence-corrected chi connectivity index (χ3v) is 4.25. The van der Waals surface area contributed by atoms with Gasteiger partial charge in [-0.2, -0.15) is 0 Å². The fourth-order valence-corrected chi connectivity index (χ4v) is 3.00. The number of nitrogens with zero attached hydrogens (tertiary/aromatic N) is 1. The smallest absolute Gasteiger partial charge is 0.229 e. The Bertz CT molecular complexity index is 870. The highest BCUT2D eigenvalue weighted by molar-refractivity contribution is 6.04. The molecule has 0 saturated carbocycles. The predicted octanol–water partition coefficient (Wildman–Crippen LogP) is 3.06. The average molecular weight is 348 g/mol. The summed E-state index contributed by atoms with van der Waals surface area (Å²) in [5.41, 5.74) is 2.02. The van der Waals surface area contributed by atoms with Crippen LogP contribution in [0.5, 0.6) is 5.75 Å². The second-order valence-electron chi connectivity index (χ2n) is 6.02. The van der Waals surface area contributed by atoms with E-state index in [9.17, 15) is 9.59 Å². The molecule has 1 atom stereocenters. The van der Waals surface area contributed by atoms with Crippen molar-refractivity contribution in [2.45, 2.75) is 13.3 Å². The minimum atomic E-state index is -0.424. The average Bonchev–Trinajstić information content (AvgIpc) is 3.04. The van der Waals surface area contributed by atoms with E-state index in [4.69, 9.17) is 11.2 Å². The molecule has 1 saturated heterocycles. The van der Waals surface area contributed by atoms with E-state index in [-0.39, 0.29) is 18.2 Å². The Balaban J connectivity index is 1.73. The highest BCUT2D eigenvalue weighted by Crippen LogP contribution is 2.33. The lowest BCUT2D eigenvalue weighted by molar-refractivity contribution is -0.122. The van der Waals surface area contributed by atoms with Crippen LogP contribution in [0.15, 0.2) is 48.5 Å². The number of para-hydroxylation sites is 2. The van der Waals surface area contributed by atoms with Gasteiger partial charge < -0.3 is 15.0 Å². The summed E-state index contributed by atoms with van der Waals surface area (Å²) in [4.78, 5) is 26.7. The van der Waals surface area contributed by atoms with Gasteiger partial charge in [0.1, 0.15) is 5.75 Å². The van der Waals surface area contributed by atoms with Crippen molar-refractivity contribution >= 4 is 23.2 Å². The Morgan fingerprint density at radius 1 is 1.31 bits per heavy atom. The van der Waals surface area contributed by atoms with Gasteiger partial charge >= 0.3 is 0 Å². The lowest BCUT2D eigenvalue weighted by Crippen LogP contribution is -2.28. The number of nitrogens with one attached hydrogen (secondary N) is 1. The number of hydrogen-bond acceptors (Lipinski definition) is 3. The summed E-state index contributed by atoms with van der Waals surface area (Å²) in [6.45, 7) is 2.72. The zero-order chi connectivity index (χ0) is 18.5. The first-order valence-electron chi connectivity index (χ1n) is 8.52. The van der Waals surface area contributed by atoms with Gasteiger partial charge in [-0.05, 0) is 37.3 Å². The van der Waals surface area contributed by atoms with Gasteiger partial charge in [-0.3, -0.25) is 9.59 Å². The van der Waals surface area contributed by atoms with Gasteiger partial charge in [0, 0.05) is 24.2 Å². The van der Waals surface area contributed by atoms with Crippen LogP contribution in [0.3, 0.4) is 0 Å². The lowest BCUT2D eigenvalue weighted by atomic mass is 10.1. The zero-order valence-corrected chi connectivity index (χ0v) is 14.6. The summed E-state index contributed by atoms with van der Waals surface area (Å²) in [5, 5.41) is 2.85. The molecular formula is C21H20N2O3. The highest BCUT2D eigenvalue weighted by Gasteiger charge is 2.36. The molecule has 2 amide bonds. The summed E-state index contributed by atoms with van der Waals surface area (Å²) < 4.78 is 5.60. The van der Waals surface area contributed by atoms with Crippen molar-refractivity contribution in [3.05, 3.63) is 54.1 Å². The summed E-state index contributed by atoms with van der Waals surface area (Å²) in [7, 11) is 0. The van der Waals surface area contributed by atoms with Crippen molar-refractivity contribution in [1.82, 2.24) is 0 Å². The Hall–Kier alpha value is -3.26. The molecule has 3 rings (SSSR count). The van der Waals surface area contributed by atoms with Gasteiger partial charge in [-0.1, -0.05) is 24.1 Å². The van der Waals surface area contributed by atoms with Crippen molar-refractivity contribution in [3.8, 4) is 18.1 Å². The summed E-state index contributed by atoms with van der Waals surface area (Å²) >= 11 is 0. The molecule has 2 aromatic carbocycles. The second kappa shape index (κ2) is 7.75. The highest BCUT2D eigenvalue weighted by atomic mass is 16.5. The molecule has 1 heterocycles. The molecule has 1 N–H and O–H groups in total. The van der Waals surface area contributed by atoms with Crippen LogP contribution in [0.1, 0.15) is 18.9 Å². The summed E-state index contributed by atoms with van der Waals surface area (Å²) in [5.74, 6) is 2.48. The normalized spacial score (nSPS) is 16.2. The van der Waals surface area contributed by atoms with Crippen LogP contribution in [-0.4, -0.2) is 25.0 Å². The third kappa shape index (κ3) is 3.70. The molecule has 0 radical (unpaired) electrons. The second-order valence-corrected chi connectivity index (χ2v) is 6.02. The monoisotopic (exact) mass is 348 g/mol. The number of anilines is 2. The number of rotatable bonds is 5. The first-order valence-corrected chi connectivity index (χ1v) is 8.52. The lowest BCUT2D eigenvalue weighted by Gasteiger charge is -2.20. The first-order chi connectivity index (χ1) is 12.6. The number of carbonyl (C=O) groups excluding carboxylic acids is 2. The standard InChI is InChI=1S/C21H20N2O3/c1-3-15-8-7-9-17(12-15)22-21(25)16-13-20(24)23(14-16)18-10-5-6-11-19(18)26-4-2/h1,5-12,16H,4,13-14H2,2H3,(H,22,25). The topological polar surface area (TPSA) is 58.6 Å². The Morgan fingerprint density at radius 2 is 2.12 bits per heavy atom. The van der Waals surface area contributed by atoms with Gasteiger partial charge in [0.25, 0.3) is 0 Å². The SMILES string of the molecule is C#Cc1cccc(NC(=O)C2CC(=O)N(c3ccccc3OCC)C2)c1. The van der Waals surface area contributed by atoms with Gasteiger partial charge in [0.2, 0.25) is 11.8 Å². The summed E-state index contributed by atoms with van der Waals surface area (Å²) in [6, 6.07) is 14.5. The number of amides is 2. The van der Waals surface area contributed by atoms with Crippen molar-refractivity contribution in [1.29, 1.82) is 0 Å². The maximum absolute atomic E-state index is 12.6. The predicted molar refractivity (Wildman–Crippen MR) is 101 cm³/mol. The number of terminal acetylenes is 1. The molecule has 0 aliphatic carbocycles. The molecule has 1 aliphatic rings. The van der Waals surface area contributed by atoms with Gasteiger partial charge in [0.05, 0.1) is 18.2 Å². The van der Waals surface area contributed by atoms with E-state index in [1.165, 1.54) is 0 Å². The molecule has 0 spiro atoms. The molecule has 1 aliphatic heterocycles. The number of ether oxygens (including phenoxy) is 1. The van der Waals surface area contributed by atoms with Crippen LogP contribution in [-0.2, 0) is 9.59 Å². The van der Waals surface area contributed by atoms with Gasteiger partial charge in [0.15, 0.2) is 0 Å². The largest absolute Gasteiger partial charge is 0.492 e. The van der Waals surface area contributed by atoms with Crippen LogP contribution >= 0.6 is 0 Å². The molecule has 1 unspecified atom stereocenters. The molecule has 0 aromatic heterocycles. The molecule has 5 heteroatoms. The van der Waals surface area contributed by atoms with Gasteiger partial charge in [-0.25, -0.2) is 0 Å². The van der Waals surface area contributed by atoms with E-state index in [0.717, 1.165) is 0 Å². The van der Waals surface area contributed by atoms with E-state index < -0.39 is 5.92 Å². The Labute approximate surface area is 153 Å². The van der Waals surface area contributed by atoms with E-state index in [2.05, 4.69) is 11.2 Å². The minimum Gasteiger partial charge on any atom is -0.492 e. The number of carbonyl (C=O) groups is 2. The number of benzene rings is 2. The van der Waals surface area contributed by atoms with Crippen LogP contribution in [0.4, 0.5) is 11.4 Å². The maximum atomic E-state index is 12.6. The van der Waals surface area contributed by atoms with Crippen LogP contribution in [0.25, 0.3) is 0 Å². The van der Waals surface area contributed by atoms with Gasteiger partial charge in [-0.15, -0.1) is 6.42 Å². The van der Waals surface area contributed by atoms with Crippen molar-refractivity contribution in [2.24, 2.45) is 5.92 Å². The quantitative estimate of drug-likeness (QED) is 0.845. The van der Waals surface area contributed by atoms with Crippen LogP contribution in [0.2, 0.25) is 0 Å². The molecule has 1 fully saturated rings. The van der Waals surface area contributed by atoms with Crippen molar-refractivity contribution in [3.63, 3.8) is 0 Å². The first kappa shape index (κ1) is 17.6.